The lowest BCUT2D eigenvalue weighted by Crippen LogP contribution is -2.43. The van der Waals surface area contributed by atoms with Crippen molar-refractivity contribution >= 4 is 23.1 Å². The van der Waals surface area contributed by atoms with E-state index in [0.29, 0.717) is 0 Å². The largest absolute Gasteiger partial charge is 0.309 e. The molecule has 2 heteroatoms. The Morgan fingerprint density at radius 3 is 1.38 bits per heavy atom. The molecule has 0 N–H and O–H groups in total. The monoisotopic (exact) mass is 680 g/mol. The first kappa shape index (κ1) is 29.7. The molecule has 0 bridgehead atoms. The Morgan fingerprint density at radius 1 is 0.308 bits per heavy atom. The molecule has 3 aliphatic rings. The molecule has 0 aromatic heterocycles. The van der Waals surface area contributed by atoms with Crippen LogP contribution in [-0.4, -0.2) is 0 Å². The number of hydrogen-bond donors (Lipinski definition) is 0. The Bertz CT molecular complexity index is 2730. The van der Waals surface area contributed by atoms with Gasteiger partial charge in [0.15, 0.2) is 7.14 Å². The third-order valence-corrected chi connectivity index (χ3v) is 15.1. The molecule has 0 aliphatic heterocycles. The van der Waals surface area contributed by atoms with E-state index < -0.39 is 18.0 Å². The fourth-order valence-corrected chi connectivity index (χ4v) is 12.8. The second-order valence-electron chi connectivity index (χ2n) is 14.2. The molecular formula is C50H33OP. The summed E-state index contributed by atoms with van der Waals surface area (Å²) in [5, 5.41) is 2.53. The minimum atomic E-state index is -3.26. The Morgan fingerprint density at radius 2 is 0.750 bits per heavy atom. The molecule has 2 atom stereocenters. The van der Waals surface area contributed by atoms with Crippen LogP contribution in [0.1, 0.15) is 44.5 Å². The summed E-state index contributed by atoms with van der Waals surface area (Å²) in [6, 6.07) is 71.9. The van der Waals surface area contributed by atoms with Crippen LogP contribution in [0.25, 0.3) is 22.3 Å². The highest BCUT2D eigenvalue weighted by Gasteiger charge is 2.59. The quantitative estimate of drug-likeness (QED) is 0.169. The van der Waals surface area contributed by atoms with Crippen LogP contribution in [0.3, 0.4) is 0 Å². The third kappa shape index (κ3) is 3.52. The second-order valence-corrected chi connectivity index (χ2v) is 17.0. The van der Waals surface area contributed by atoms with Crippen LogP contribution >= 0.6 is 7.14 Å². The van der Waals surface area contributed by atoms with E-state index in [1.807, 2.05) is 60.7 Å². The molecular weight excluding hydrogens is 648 g/mol. The maximum absolute atomic E-state index is 16.0. The molecule has 0 amide bonds. The molecule has 8 aromatic carbocycles. The second kappa shape index (κ2) is 10.8. The summed E-state index contributed by atoms with van der Waals surface area (Å²) >= 11 is 0. The number of fused-ring (bicyclic) bond motifs is 12. The fourth-order valence-electron chi connectivity index (χ4n) is 10.1. The number of benzene rings is 8. The Hall–Kier alpha value is -6.01. The minimum Gasteiger partial charge on any atom is -0.309 e. The van der Waals surface area contributed by atoms with E-state index >= 15 is 4.57 Å². The fraction of sp³-hybridized carbons (Fsp3) is 0.0400. The Kier molecular flexibility index (Phi) is 6.14. The van der Waals surface area contributed by atoms with Crippen molar-refractivity contribution in [2.75, 3.05) is 0 Å². The van der Waals surface area contributed by atoms with Crippen LogP contribution in [0.4, 0.5) is 0 Å². The van der Waals surface area contributed by atoms with Gasteiger partial charge < -0.3 is 4.57 Å². The standard InChI is InChI=1S/C50H33OP/c51-52(35-19-6-2-7-20-35,36-21-8-3-9-22-36)37-31-32-40-38-23-10-13-27-43(38)50(47(40)33-37)45-29-15-14-28-44(45)49(34-17-4-1-5-18-34)42-26-12-11-24-39(42)41-25-16-30-46(50)48(41)49/h1-33H. The highest BCUT2D eigenvalue weighted by Crippen LogP contribution is 2.68. The Labute approximate surface area is 304 Å². The van der Waals surface area contributed by atoms with Gasteiger partial charge in [-0.15, -0.1) is 0 Å². The van der Waals surface area contributed by atoms with Gasteiger partial charge in [0.25, 0.3) is 0 Å². The van der Waals surface area contributed by atoms with Gasteiger partial charge in [0, 0.05) is 15.9 Å². The van der Waals surface area contributed by atoms with Crippen LogP contribution < -0.4 is 15.9 Å². The van der Waals surface area contributed by atoms with E-state index in [9.17, 15) is 0 Å². The van der Waals surface area contributed by atoms with Gasteiger partial charge in [-0.2, -0.15) is 0 Å². The van der Waals surface area contributed by atoms with E-state index in [4.69, 9.17) is 0 Å². The zero-order valence-electron chi connectivity index (χ0n) is 28.4. The molecule has 11 rings (SSSR count). The van der Waals surface area contributed by atoms with E-state index in [1.54, 1.807) is 0 Å². The van der Waals surface area contributed by atoms with Gasteiger partial charge in [0.05, 0.1) is 10.8 Å². The zero-order valence-corrected chi connectivity index (χ0v) is 29.3. The van der Waals surface area contributed by atoms with E-state index in [2.05, 4.69) is 140 Å². The lowest BCUT2D eigenvalue weighted by Gasteiger charge is -2.48. The van der Waals surface area contributed by atoms with Crippen molar-refractivity contribution in [3.63, 3.8) is 0 Å². The molecule has 1 nitrogen and oxygen atoms in total. The van der Waals surface area contributed by atoms with E-state index in [0.717, 1.165) is 15.9 Å². The lowest BCUT2D eigenvalue weighted by molar-refractivity contribution is 0.592. The zero-order chi connectivity index (χ0) is 34.5. The maximum Gasteiger partial charge on any atom is 0.171 e. The average molecular weight is 681 g/mol. The van der Waals surface area contributed by atoms with Crippen molar-refractivity contribution in [3.8, 4) is 22.3 Å². The molecule has 1 spiro atoms. The molecule has 0 radical (unpaired) electrons. The molecule has 2 unspecified atom stereocenters. The van der Waals surface area contributed by atoms with Gasteiger partial charge in [-0.1, -0.05) is 194 Å². The molecule has 0 saturated heterocycles. The predicted molar refractivity (Wildman–Crippen MR) is 214 cm³/mol. The maximum atomic E-state index is 16.0. The molecule has 52 heavy (non-hydrogen) atoms. The molecule has 0 saturated carbocycles. The van der Waals surface area contributed by atoms with Crippen LogP contribution in [0.2, 0.25) is 0 Å². The molecule has 0 fully saturated rings. The van der Waals surface area contributed by atoms with Crippen molar-refractivity contribution in [2.24, 2.45) is 0 Å². The predicted octanol–water partition coefficient (Wildman–Crippen LogP) is 10.4. The number of rotatable bonds is 4. The van der Waals surface area contributed by atoms with Crippen LogP contribution in [0, 0.1) is 0 Å². The van der Waals surface area contributed by atoms with Crippen LogP contribution in [-0.2, 0) is 15.4 Å². The molecule has 8 aromatic rings. The van der Waals surface area contributed by atoms with Crippen molar-refractivity contribution in [2.45, 2.75) is 10.8 Å². The van der Waals surface area contributed by atoms with Crippen molar-refractivity contribution in [1.82, 2.24) is 0 Å². The number of hydrogen-bond acceptors (Lipinski definition) is 1. The summed E-state index contributed by atoms with van der Waals surface area (Å²) in [5.74, 6) is 0. The molecule has 3 aliphatic carbocycles. The van der Waals surface area contributed by atoms with Gasteiger partial charge in [-0.25, -0.2) is 0 Å². The van der Waals surface area contributed by atoms with Crippen molar-refractivity contribution in [3.05, 3.63) is 245 Å². The summed E-state index contributed by atoms with van der Waals surface area (Å²) in [6.45, 7) is 0. The van der Waals surface area contributed by atoms with E-state index in [-0.39, 0.29) is 0 Å². The minimum absolute atomic E-state index is 0.496. The first-order chi connectivity index (χ1) is 25.7. The summed E-state index contributed by atoms with van der Waals surface area (Å²) in [4.78, 5) is 0. The van der Waals surface area contributed by atoms with E-state index in [1.165, 1.54) is 66.8 Å². The topological polar surface area (TPSA) is 17.1 Å². The van der Waals surface area contributed by atoms with Gasteiger partial charge in [-0.05, 0) is 72.8 Å². The molecule has 244 valence electrons. The average Bonchev–Trinajstić information content (AvgIpc) is 3.70. The van der Waals surface area contributed by atoms with Crippen LogP contribution in [0.15, 0.2) is 200 Å². The summed E-state index contributed by atoms with van der Waals surface area (Å²) in [6.07, 6.45) is 0. The highest BCUT2D eigenvalue weighted by atomic mass is 31.2. The first-order valence-corrected chi connectivity index (χ1v) is 19.8. The Balaban J connectivity index is 1.31. The summed E-state index contributed by atoms with van der Waals surface area (Å²) in [7, 11) is -3.26. The smallest absolute Gasteiger partial charge is 0.171 e. The lowest BCUT2D eigenvalue weighted by atomic mass is 9.52. The van der Waals surface area contributed by atoms with Crippen molar-refractivity contribution in [1.29, 1.82) is 0 Å². The SMILES string of the molecule is O=P(c1ccccc1)(c1ccccc1)c1ccc2c(c1)C1(c3ccccc3-2)c2ccccc2C2(c3ccccc3)c3ccccc3-c3cccc1c32. The summed E-state index contributed by atoms with van der Waals surface area (Å²) < 4.78 is 16.0. The van der Waals surface area contributed by atoms with Gasteiger partial charge in [0.2, 0.25) is 0 Å². The normalized spacial score (nSPS) is 18.6. The van der Waals surface area contributed by atoms with Gasteiger partial charge in [0.1, 0.15) is 0 Å². The summed E-state index contributed by atoms with van der Waals surface area (Å²) in [5.41, 5.74) is 14.1. The van der Waals surface area contributed by atoms with Crippen molar-refractivity contribution < 1.29 is 4.57 Å². The van der Waals surface area contributed by atoms with Gasteiger partial charge in [-0.3, -0.25) is 0 Å². The first-order valence-electron chi connectivity index (χ1n) is 18.0. The van der Waals surface area contributed by atoms with Gasteiger partial charge >= 0.3 is 0 Å². The van der Waals surface area contributed by atoms with Crippen LogP contribution in [0.5, 0.6) is 0 Å². The molecule has 0 heterocycles. The third-order valence-electron chi connectivity index (χ3n) is 12.0. The highest BCUT2D eigenvalue weighted by molar-refractivity contribution is 7.85.